The van der Waals surface area contributed by atoms with Gasteiger partial charge in [-0.15, -0.1) is 0 Å². The van der Waals surface area contributed by atoms with E-state index in [1.807, 2.05) is 0 Å². The fourth-order valence-electron chi connectivity index (χ4n) is 4.22. The molecule has 0 radical (unpaired) electrons. The van der Waals surface area contributed by atoms with Crippen molar-refractivity contribution in [3.63, 3.8) is 0 Å². The molecule has 9 nitrogen and oxygen atoms in total. The quantitative estimate of drug-likeness (QED) is 0.609. The first-order valence-corrected chi connectivity index (χ1v) is 13.8. The normalized spacial score (nSPS) is 22.5. The molecule has 0 spiro atoms. The molecule has 2 atom stereocenters. The summed E-state index contributed by atoms with van der Waals surface area (Å²) < 4.78 is 67.1. The Kier molecular flexibility index (Phi) is 7.06. The molecule has 2 saturated heterocycles. The maximum Gasteiger partial charge on any atom is 0.243 e. The smallest absolute Gasteiger partial charge is 0.243 e. The van der Waals surface area contributed by atoms with Gasteiger partial charge >= 0.3 is 0 Å². The number of hydrogen-bond donors (Lipinski definition) is 2. The predicted molar refractivity (Wildman–Crippen MR) is 122 cm³/mol. The molecule has 2 fully saturated rings. The fourth-order valence-corrected chi connectivity index (χ4v) is 7.37. The molecule has 2 aliphatic rings. The van der Waals surface area contributed by atoms with E-state index in [0.29, 0.717) is 18.8 Å². The third-order valence-electron chi connectivity index (χ3n) is 6.03. The highest BCUT2D eigenvalue weighted by atomic mass is 32.2. The largest absolute Gasteiger partial charge is 0.392 e. The molecule has 34 heavy (non-hydrogen) atoms. The van der Waals surface area contributed by atoms with Crippen molar-refractivity contribution in [2.24, 2.45) is 0 Å². The zero-order valence-corrected chi connectivity index (χ0v) is 19.9. The third kappa shape index (κ3) is 5.01. The Morgan fingerprint density at radius 1 is 0.882 bits per heavy atom. The van der Waals surface area contributed by atoms with Crippen LogP contribution in [0.3, 0.4) is 0 Å². The van der Waals surface area contributed by atoms with E-state index >= 15 is 0 Å². The van der Waals surface area contributed by atoms with Crippen LogP contribution in [0.1, 0.15) is 25.7 Å². The molecule has 2 heterocycles. The lowest BCUT2D eigenvalue weighted by Gasteiger charge is -2.26. The number of aliphatic hydroxyl groups is 1. The van der Waals surface area contributed by atoms with Crippen LogP contribution in [-0.4, -0.2) is 68.2 Å². The fraction of sp³-hybridized carbons (Fsp3) is 0.409. The number of halogens is 1. The average molecular weight is 512 g/mol. The number of carbonyl (C=O) groups excluding carboxylic acids is 1. The molecule has 0 unspecified atom stereocenters. The minimum Gasteiger partial charge on any atom is -0.392 e. The Morgan fingerprint density at radius 2 is 1.44 bits per heavy atom. The highest BCUT2D eigenvalue weighted by Crippen LogP contribution is 2.28. The second-order valence-electron chi connectivity index (χ2n) is 8.41. The lowest BCUT2D eigenvalue weighted by Crippen LogP contribution is -2.43. The number of piperidine rings is 1. The highest BCUT2D eigenvalue weighted by molar-refractivity contribution is 7.89. The van der Waals surface area contributed by atoms with Gasteiger partial charge in [0.1, 0.15) is 11.9 Å². The molecule has 2 aromatic rings. The summed E-state index contributed by atoms with van der Waals surface area (Å²) in [6.45, 7) is 0.678. The SMILES string of the molecule is O=C(Nc1ccc(S(=O)(=O)N2CCCCC2)cc1)[C@@H]1C[C@H](O)CN1S(=O)(=O)c1ccc(F)cc1. The van der Waals surface area contributed by atoms with E-state index in [9.17, 15) is 31.1 Å². The number of hydrogen-bond acceptors (Lipinski definition) is 6. The van der Waals surface area contributed by atoms with E-state index < -0.39 is 43.9 Å². The number of aliphatic hydroxyl groups excluding tert-OH is 1. The summed E-state index contributed by atoms with van der Waals surface area (Å²) in [4.78, 5) is 12.8. The second-order valence-corrected chi connectivity index (χ2v) is 12.2. The number of benzene rings is 2. The van der Waals surface area contributed by atoms with Gasteiger partial charge in [0.25, 0.3) is 0 Å². The van der Waals surface area contributed by atoms with Gasteiger partial charge in [0.15, 0.2) is 0 Å². The number of nitrogens with zero attached hydrogens (tertiary/aromatic N) is 2. The molecular weight excluding hydrogens is 485 g/mol. The van der Waals surface area contributed by atoms with Crippen molar-refractivity contribution in [1.82, 2.24) is 8.61 Å². The summed E-state index contributed by atoms with van der Waals surface area (Å²) in [6, 6.07) is 8.73. The van der Waals surface area contributed by atoms with Crippen molar-refractivity contribution >= 4 is 31.6 Å². The Bertz CT molecular complexity index is 1240. The Hall–Kier alpha value is -2.38. The monoisotopic (exact) mass is 511 g/mol. The standard InChI is InChI=1S/C22H26FN3O6S2/c23-16-4-8-20(9-5-16)34(31,32)26-15-18(27)14-21(26)22(28)24-17-6-10-19(11-7-17)33(29,30)25-12-2-1-3-13-25/h4-11,18,21,27H,1-3,12-15H2,(H,24,28)/t18-,21-/m0/s1. The van der Waals surface area contributed by atoms with Gasteiger partial charge in [0.05, 0.1) is 15.9 Å². The molecule has 2 aromatic carbocycles. The van der Waals surface area contributed by atoms with Crippen LogP contribution < -0.4 is 5.32 Å². The molecule has 0 aromatic heterocycles. The molecule has 4 rings (SSSR count). The van der Waals surface area contributed by atoms with E-state index in [2.05, 4.69) is 5.32 Å². The maximum absolute atomic E-state index is 13.2. The summed E-state index contributed by atoms with van der Waals surface area (Å²) in [7, 11) is -7.77. The lowest BCUT2D eigenvalue weighted by atomic mass is 10.2. The summed E-state index contributed by atoms with van der Waals surface area (Å²) in [5.74, 6) is -1.26. The van der Waals surface area contributed by atoms with Gasteiger partial charge < -0.3 is 10.4 Å². The number of sulfonamides is 2. The van der Waals surface area contributed by atoms with E-state index in [4.69, 9.17) is 0 Å². The highest BCUT2D eigenvalue weighted by Gasteiger charge is 2.43. The van der Waals surface area contributed by atoms with Gasteiger partial charge in [0, 0.05) is 31.7 Å². The van der Waals surface area contributed by atoms with Crippen molar-refractivity contribution in [3.8, 4) is 0 Å². The van der Waals surface area contributed by atoms with Gasteiger partial charge in [-0.05, 0) is 61.4 Å². The van der Waals surface area contributed by atoms with Crippen LogP contribution in [0, 0.1) is 5.82 Å². The molecule has 12 heteroatoms. The minimum atomic E-state index is -4.15. The van der Waals surface area contributed by atoms with Crippen molar-refractivity contribution in [2.75, 3.05) is 25.0 Å². The average Bonchev–Trinajstić information content (AvgIpc) is 3.23. The Balaban J connectivity index is 1.49. The lowest BCUT2D eigenvalue weighted by molar-refractivity contribution is -0.119. The van der Waals surface area contributed by atoms with Crippen molar-refractivity contribution in [2.45, 2.75) is 47.6 Å². The molecule has 0 saturated carbocycles. The van der Waals surface area contributed by atoms with Crippen LogP contribution in [0.4, 0.5) is 10.1 Å². The van der Waals surface area contributed by atoms with Gasteiger partial charge in [-0.25, -0.2) is 21.2 Å². The van der Waals surface area contributed by atoms with Crippen LogP contribution in [0.2, 0.25) is 0 Å². The topological polar surface area (TPSA) is 124 Å². The Labute approximate surface area is 198 Å². The third-order valence-corrected chi connectivity index (χ3v) is 9.83. The molecule has 1 amide bonds. The number of nitrogens with one attached hydrogen (secondary N) is 1. The zero-order chi connectivity index (χ0) is 24.5. The zero-order valence-electron chi connectivity index (χ0n) is 18.3. The van der Waals surface area contributed by atoms with E-state index in [1.165, 1.54) is 28.6 Å². The van der Waals surface area contributed by atoms with Crippen LogP contribution >= 0.6 is 0 Å². The predicted octanol–water partition coefficient (Wildman–Crippen LogP) is 1.76. The maximum atomic E-state index is 13.2. The number of anilines is 1. The van der Waals surface area contributed by atoms with Gasteiger partial charge in [-0.1, -0.05) is 6.42 Å². The molecule has 0 aliphatic carbocycles. The summed E-state index contributed by atoms with van der Waals surface area (Å²) >= 11 is 0. The number of carbonyl (C=O) groups is 1. The Morgan fingerprint density at radius 3 is 2.06 bits per heavy atom. The first-order chi connectivity index (χ1) is 16.1. The van der Waals surface area contributed by atoms with Crippen molar-refractivity contribution in [1.29, 1.82) is 0 Å². The minimum absolute atomic E-state index is 0.103. The number of rotatable bonds is 6. The first kappa shape index (κ1) is 24.7. The van der Waals surface area contributed by atoms with Gasteiger partial charge in [-0.3, -0.25) is 4.79 Å². The summed E-state index contributed by atoms with van der Waals surface area (Å²) in [6.07, 6.45) is 1.49. The van der Waals surface area contributed by atoms with Crippen LogP contribution in [0.25, 0.3) is 0 Å². The molecule has 184 valence electrons. The van der Waals surface area contributed by atoms with E-state index in [-0.39, 0.29) is 22.8 Å². The molecular formula is C22H26FN3O6S2. The van der Waals surface area contributed by atoms with Crippen LogP contribution in [0.15, 0.2) is 58.3 Å². The van der Waals surface area contributed by atoms with Gasteiger partial charge in [0.2, 0.25) is 26.0 Å². The second kappa shape index (κ2) is 9.70. The number of β-amino-alcohol motifs (C(OH)–C–C–N with tert-alkyl or cyclic N) is 1. The number of amides is 1. The van der Waals surface area contributed by atoms with E-state index in [1.54, 1.807) is 0 Å². The van der Waals surface area contributed by atoms with E-state index in [0.717, 1.165) is 47.8 Å². The van der Waals surface area contributed by atoms with Crippen LogP contribution in [0.5, 0.6) is 0 Å². The first-order valence-electron chi connectivity index (χ1n) is 11.0. The van der Waals surface area contributed by atoms with Crippen molar-refractivity contribution in [3.05, 3.63) is 54.3 Å². The molecule has 2 N–H and O–H groups in total. The van der Waals surface area contributed by atoms with Crippen molar-refractivity contribution < 1.29 is 31.1 Å². The summed E-state index contributed by atoms with van der Waals surface area (Å²) in [5, 5.41) is 12.7. The molecule has 0 bridgehead atoms. The van der Waals surface area contributed by atoms with Crippen LogP contribution in [-0.2, 0) is 24.8 Å². The molecule has 2 aliphatic heterocycles. The summed E-state index contributed by atoms with van der Waals surface area (Å²) in [5.41, 5.74) is 0.295. The van der Waals surface area contributed by atoms with Gasteiger partial charge in [-0.2, -0.15) is 8.61 Å².